The van der Waals surface area contributed by atoms with Gasteiger partial charge in [-0.05, 0) is 5.56 Å². The second kappa shape index (κ2) is 5.05. The molecule has 0 saturated heterocycles. The van der Waals surface area contributed by atoms with Crippen LogP contribution in [0.5, 0.6) is 0 Å². The summed E-state index contributed by atoms with van der Waals surface area (Å²) in [6.45, 7) is 0. The topological polar surface area (TPSA) is 46.5 Å². The van der Waals surface area contributed by atoms with Gasteiger partial charge in [0.15, 0.2) is 0 Å². The summed E-state index contributed by atoms with van der Waals surface area (Å²) < 4.78 is 11.8. The number of carbonyl (C=O) groups is 1. The Morgan fingerprint density at radius 3 is 2.79 bits per heavy atom. The molecule has 3 nitrogen and oxygen atoms in total. The van der Waals surface area contributed by atoms with Gasteiger partial charge in [0, 0.05) is 5.92 Å². The number of hydrogen-bond donors (Lipinski definition) is 1. The van der Waals surface area contributed by atoms with Crippen LogP contribution >= 0.6 is 0 Å². The molecule has 1 aromatic carbocycles. The smallest absolute Gasteiger partial charge is 0.384 e. The predicted molar refractivity (Wildman–Crippen MR) is 51.2 cm³/mol. The second-order valence-electron chi connectivity index (χ2n) is 2.46. The molecule has 0 saturated carbocycles. The maximum Gasteiger partial charge on any atom is 0.384 e. The van der Waals surface area contributed by atoms with Gasteiger partial charge in [0.25, 0.3) is 0 Å². The number of hydrogen-bond acceptors (Lipinski definition) is 3. The standard InChI is InChI=1S/C11H10O3/c1-14-11(13)8-7-10(12)9-5-3-2-4-6-9/h2-6,10,12H,1H3/i10D. The number of esters is 1. The molecule has 1 aromatic rings. The molecule has 72 valence electrons. The van der Waals surface area contributed by atoms with Gasteiger partial charge in [-0.15, -0.1) is 0 Å². The average Bonchev–Trinajstić information content (AvgIpc) is 2.27. The van der Waals surface area contributed by atoms with Crippen molar-refractivity contribution in [3.63, 3.8) is 0 Å². The monoisotopic (exact) mass is 191 g/mol. The van der Waals surface area contributed by atoms with Gasteiger partial charge in [0.05, 0.1) is 8.48 Å². The molecule has 0 aliphatic heterocycles. The number of carbonyl (C=O) groups excluding carboxylic acids is 1. The van der Waals surface area contributed by atoms with E-state index in [0.717, 1.165) is 0 Å². The van der Waals surface area contributed by atoms with Gasteiger partial charge in [-0.2, -0.15) is 0 Å². The maximum absolute atomic E-state index is 10.7. The molecule has 0 radical (unpaired) electrons. The second-order valence-corrected chi connectivity index (χ2v) is 2.46. The van der Waals surface area contributed by atoms with Crippen LogP contribution in [0.3, 0.4) is 0 Å². The Bertz CT molecular complexity index is 401. The lowest BCUT2D eigenvalue weighted by Crippen LogP contribution is -1.98. The van der Waals surface area contributed by atoms with E-state index in [-0.39, 0.29) is 0 Å². The Balaban J connectivity index is 2.92. The van der Waals surface area contributed by atoms with Gasteiger partial charge in [-0.3, -0.25) is 0 Å². The van der Waals surface area contributed by atoms with Crippen molar-refractivity contribution < 1.29 is 16.0 Å². The Hall–Kier alpha value is -1.79. The fourth-order valence-electron chi connectivity index (χ4n) is 0.829. The largest absolute Gasteiger partial charge is 0.459 e. The van der Waals surface area contributed by atoms with Gasteiger partial charge in [0.2, 0.25) is 0 Å². The number of aliphatic hydroxyl groups is 1. The van der Waals surface area contributed by atoms with Crippen molar-refractivity contribution in [2.75, 3.05) is 7.11 Å². The third-order valence-corrected chi connectivity index (χ3v) is 1.52. The van der Waals surface area contributed by atoms with Gasteiger partial charge in [-0.1, -0.05) is 36.3 Å². The third kappa shape index (κ3) is 2.92. The molecule has 0 fully saturated rings. The summed E-state index contributed by atoms with van der Waals surface area (Å²) in [5, 5.41) is 9.62. The minimum Gasteiger partial charge on any atom is -0.459 e. The molecule has 14 heavy (non-hydrogen) atoms. The van der Waals surface area contributed by atoms with E-state index in [0.29, 0.717) is 5.56 Å². The van der Waals surface area contributed by atoms with E-state index in [4.69, 9.17) is 1.37 Å². The van der Waals surface area contributed by atoms with E-state index in [9.17, 15) is 9.90 Å². The lowest BCUT2D eigenvalue weighted by molar-refractivity contribution is -0.133. The fourth-order valence-corrected chi connectivity index (χ4v) is 0.829. The summed E-state index contributed by atoms with van der Waals surface area (Å²) in [4.78, 5) is 10.7. The molecule has 1 atom stereocenters. The predicted octanol–water partition coefficient (Wildman–Crippen LogP) is 0.896. The van der Waals surface area contributed by atoms with E-state index in [1.165, 1.54) is 7.11 Å². The minimum atomic E-state index is -2.09. The van der Waals surface area contributed by atoms with Crippen LogP contribution in [-0.2, 0) is 9.53 Å². The molecule has 0 heterocycles. The van der Waals surface area contributed by atoms with Gasteiger partial charge >= 0.3 is 5.97 Å². The van der Waals surface area contributed by atoms with Gasteiger partial charge in [0.1, 0.15) is 6.08 Å². The van der Waals surface area contributed by atoms with Crippen molar-refractivity contribution >= 4 is 5.97 Å². The molecule has 0 spiro atoms. The highest BCUT2D eigenvalue weighted by atomic mass is 16.5. The highest BCUT2D eigenvalue weighted by Crippen LogP contribution is 2.09. The number of methoxy groups -OCH3 is 1. The molecule has 0 aromatic heterocycles. The number of ether oxygens (including phenoxy) is 1. The first-order valence-corrected chi connectivity index (χ1v) is 3.95. The highest BCUT2D eigenvalue weighted by Gasteiger charge is 2.01. The summed E-state index contributed by atoms with van der Waals surface area (Å²) in [5.41, 5.74) is 0.307. The minimum absolute atomic E-state index is 0.307. The maximum atomic E-state index is 10.7. The Morgan fingerprint density at radius 2 is 2.21 bits per heavy atom. The van der Waals surface area contributed by atoms with Crippen molar-refractivity contribution in [3.05, 3.63) is 35.9 Å². The van der Waals surface area contributed by atoms with Crippen LogP contribution in [0.25, 0.3) is 0 Å². The SMILES string of the molecule is [2H]C(O)(C#CC(=O)OC)c1ccccc1. The molecular formula is C11H10O3. The fraction of sp³-hybridized carbons (Fsp3) is 0.182. The normalized spacial score (nSPS) is 14.3. The molecule has 1 unspecified atom stereocenters. The first-order chi connectivity index (χ1) is 7.06. The van der Waals surface area contributed by atoms with Crippen LogP contribution < -0.4 is 0 Å². The Labute approximate surface area is 83.7 Å². The van der Waals surface area contributed by atoms with Crippen LogP contribution in [-0.4, -0.2) is 18.2 Å². The van der Waals surface area contributed by atoms with Crippen LogP contribution in [0.2, 0.25) is 0 Å². The van der Waals surface area contributed by atoms with Crippen molar-refractivity contribution in [1.29, 1.82) is 0 Å². The first-order valence-electron chi connectivity index (χ1n) is 4.45. The van der Waals surface area contributed by atoms with Crippen LogP contribution in [0, 0.1) is 11.8 Å². The zero-order valence-corrected chi connectivity index (χ0v) is 7.65. The summed E-state index contributed by atoms with van der Waals surface area (Å²) in [5.74, 6) is 3.37. The van der Waals surface area contributed by atoms with Crippen molar-refractivity contribution in [2.45, 2.75) is 6.08 Å². The van der Waals surface area contributed by atoms with Crippen molar-refractivity contribution in [1.82, 2.24) is 0 Å². The van der Waals surface area contributed by atoms with Crippen LogP contribution in [0.1, 0.15) is 13.0 Å². The zero-order valence-electron chi connectivity index (χ0n) is 8.65. The summed E-state index contributed by atoms with van der Waals surface area (Å²) >= 11 is 0. The summed E-state index contributed by atoms with van der Waals surface area (Å²) in [6.07, 6.45) is -2.09. The molecule has 0 aliphatic rings. The summed E-state index contributed by atoms with van der Waals surface area (Å²) in [6, 6.07) is 8.22. The van der Waals surface area contributed by atoms with E-state index in [2.05, 4.69) is 10.7 Å². The number of benzene rings is 1. The molecule has 0 aliphatic carbocycles. The first kappa shape index (κ1) is 8.79. The van der Waals surface area contributed by atoms with Crippen LogP contribution in [0.15, 0.2) is 30.3 Å². The van der Waals surface area contributed by atoms with Crippen molar-refractivity contribution in [2.24, 2.45) is 0 Å². The Kier molecular flexibility index (Phi) is 3.17. The summed E-state index contributed by atoms with van der Waals surface area (Å²) in [7, 11) is 1.18. The van der Waals surface area contributed by atoms with Gasteiger partial charge < -0.3 is 9.84 Å². The van der Waals surface area contributed by atoms with E-state index >= 15 is 0 Å². The van der Waals surface area contributed by atoms with E-state index < -0.39 is 12.0 Å². The molecule has 0 amide bonds. The Morgan fingerprint density at radius 1 is 1.57 bits per heavy atom. The zero-order chi connectivity index (χ0) is 11.3. The van der Waals surface area contributed by atoms with Crippen molar-refractivity contribution in [3.8, 4) is 11.8 Å². The van der Waals surface area contributed by atoms with Gasteiger partial charge in [-0.25, -0.2) is 4.79 Å². The van der Waals surface area contributed by atoms with Crippen LogP contribution in [0.4, 0.5) is 0 Å². The molecular weight excluding hydrogens is 180 g/mol. The average molecular weight is 191 g/mol. The number of rotatable bonds is 1. The third-order valence-electron chi connectivity index (χ3n) is 1.52. The van der Waals surface area contributed by atoms with E-state index in [1.54, 1.807) is 30.3 Å². The molecule has 1 N–H and O–H groups in total. The molecule has 0 bridgehead atoms. The lowest BCUT2D eigenvalue weighted by atomic mass is 10.1. The van der Waals surface area contributed by atoms with E-state index in [1.807, 2.05) is 5.92 Å². The quantitative estimate of drug-likeness (QED) is 0.407. The highest BCUT2D eigenvalue weighted by molar-refractivity contribution is 5.88. The molecule has 3 heteroatoms. The lowest BCUT2D eigenvalue weighted by Gasteiger charge is -2.01. The molecule has 1 rings (SSSR count).